The number of carbonyl (C=O) groups excluding carboxylic acids is 2. The number of fused-ring (bicyclic) bond motifs is 1. The third-order valence-electron chi connectivity index (χ3n) is 3.77. The van der Waals surface area contributed by atoms with Gasteiger partial charge in [0, 0.05) is 15.8 Å². The van der Waals surface area contributed by atoms with Crippen molar-refractivity contribution in [2.75, 3.05) is 25.6 Å². The van der Waals surface area contributed by atoms with E-state index >= 15 is 0 Å². The Morgan fingerprint density at radius 1 is 1.11 bits per heavy atom. The second-order valence-corrected chi connectivity index (χ2v) is 6.74. The number of thiophene rings is 1. The number of hydrogen-bond donors (Lipinski definition) is 1. The average molecular weight is 403 g/mol. The molecule has 1 heterocycles. The first-order valence-electron chi connectivity index (χ1n) is 8.47. The molecule has 0 aliphatic carbocycles. The Morgan fingerprint density at radius 2 is 1.86 bits per heavy atom. The molecule has 6 nitrogen and oxygen atoms in total. The van der Waals surface area contributed by atoms with E-state index in [9.17, 15) is 14.0 Å². The molecule has 0 aliphatic rings. The van der Waals surface area contributed by atoms with Crippen LogP contribution in [0.15, 0.2) is 42.5 Å². The molecule has 146 valence electrons. The lowest BCUT2D eigenvalue weighted by Gasteiger charge is -2.08. The van der Waals surface area contributed by atoms with Crippen molar-refractivity contribution in [1.29, 1.82) is 0 Å². The number of halogens is 1. The van der Waals surface area contributed by atoms with Gasteiger partial charge in [-0.3, -0.25) is 4.79 Å². The van der Waals surface area contributed by atoms with Gasteiger partial charge in [-0.25, -0.2) is 9.18 Å². The summed E-state index contributed by atoms with van der Waals surface area (Å²) in [5.41, 5.74) is 0.537. The molecule has 0 atom stereocenters. The zero-order valence-electron chi connectivity index (χ0n) is 15.3. The molecule has 2 aromatic carbocycles. The van der Waals surface area contributed by atoms with E-state index in [-0.39, 0.29) is 18.3 Å². The molecule has 0 unspecified atom stereocenters. The smallest absolute Gasteiger partial charge is 0.351 e. The van der Waals surface area contributed by atoms with Gasteiger partial charge < -0.3 is 19.5 Å². The van der Waals surface area contributed by atoms with Crippen LogP contribution in [-0.2, 0) is 9.53 Å². The molecule has 0 bridgehead atoms. The lowest BCUT2D eigenvalue weighted by molar-refractivity contribution is -0.118. The molecule has 8 heteroatoms. The van der Waals surface area contributed by atoms with Gasteiger partial charge in [0.25, 0.3) is 5.91 Å². The first-order chi connectivity index (χ1) is 13.5. The van der Waals surface area contributed by atoms with Gasteiger partial charge in [-0.05, 0) is 49.4 Å². The summed E-state index contributed by atoms with van der Waals surface area (Å²) in [5.74, 6) is -0.385. The van der Waals surface area contributed by atoms with Gasteiger partial charge >= 0.3 is 5.97 Å². The molecule has 0 fully saturated rings. The highest BCUT2D eigenvalue weighted by atomic mass is 32.1. The molecule has 28 heavy (non-hydrogen) atoms. The summed E-state index contributed by atoms with van der Waals surface area (Å²) in [6.07, 6.45) is 0. The van der Waals surface area contributed by atoms with Crippen LogP contribution in [0.1, 0.15) is 16.6 Å². The monoisotopic (exact) mass is 403 g/mol. The van der Waals surface area contributed by atoms with Crippen LogP contribution in [0.2, 0.25) is 0 Å². The van der Waals surface area contributed by atoms with E-state index in [0.717, 1.165) is 4.70 Å². The number of ether oxygens (including phenoxy) is 3. The standard InChI is InChI=1S/C20H18FNO5S/c1-3-26-18-15-10-13(6-9-16(15)28-19(18)20(24)25-2)22-17(23)11-27-14-7-4-12(21)5-8-14/h4-10H,3,11H2,1-2H3,(H,22,23). The van der Waals surface area contributed by atoms with Crippen LogP contribution in [0.4, 0.5) is 10.1 Å². The number of benzene rings is 2. The number of amides is 1. The minimum atomic E-state index is -0.470. The first-order valence-corrected chi connectivity index (χ1v) is 9.29. The van der Waals surface area contributed by atoms with Crippen molar-refractivity contribution in [3.63, 3.8) is 0 Å². The van der Waals surface area contributed by atoms with E-state index in [1.807, 2.05) is 6.92 Å². The van der Waals surface area contributed by atoms with Crippen LogP contribution < -0.4 is 14.8 Å². The van der Waals surface area contributed by atoms with Crippen molar-refractivity contribution >= 4 is 39.0 Å². The molecule has 0 radical (unpaired) electrons. The number of esters is 1. The minimum Gasteiger partial charge on any atom is -0.491 e. The van der Waals surface area contributed by atoms with Crippen molar-refractivity contribution < 1.29 is 28.2 Å². The second kappa shape index (κ2) is 8.71. The Labute approximate surface area is 164 Å². The summed E-state index contributed by atoms with van der Waals surface area (Å²) in [6.45, 7) is 1.99. The summed E-state index contributed by atoms with van der Waals surface area (Å²) >= 11 is 1.27. The Hall–Kier alpha value is -3.13. The van der Waals surface area contributed by atoms with Gasteiger partial charge in [0.1, 0.15) is 11.6 Å². The lowest BCUT2D eigenvalue weighted by Crippen LogP contribution is -2.20. The number of nitrogens with one attached hydrogen (secondary N) is 1. The fourth-order valence-corrected chi connectivity index (χ4v) is 3.59. The molecular formula is C20H18FNO5S. The maximum absolute atomic E-state index is 12.9. The van der Waals surface area contributed by atoms with Crippen molar-refractivity contribution in [1.82, 2.24) is 0 Å². The van der Waals surface area contributed by atoms with Gasteiger partial charge in [-0.2, -0.15) is 0 Å². The second-order valence-electron chi connectivity index (χ2n) is 5.69. The normalized spacial score (nSPS) is 10.5. The average Bonchev–Trinajstić information content (AvgIpc) is 3.05. The predicted molar refractivity (Wildman–Crippen MR) is 105 cm³/mol. The first kappa shape index (κ1) is 19.6. The Kier molecular flexibility index (Phi) is 6.10. The number of anilines is 1. The Bertz CT molecular complexity index is 1000. The molecule has 1 aromatic heterocycles. The van der Waals surface area contributed by atoms with E-state index in [0.29, 0.717) is 34.1 Å². The summed E-state index contributed by atoms with van der Waals surface area (Å²) in [7, 11) is 1.31. The molecule has 1 amide bonds. The zero-order chi connectivity index (χ0) is 20.1. The van der Waals surface area contributed by atoms with E-state index in [1.54, 1.807) is 18.2 Å². The molecular weight excluding hydrogens is 385 g/mol. The highest BCUT2D eigenvalue weighted by molar-refractivity contribution is 7.21. The number of carbonyl (C=O) groups is 2. The van der Waals surface area contributed by atoms with E-state index in [2.05, 4.69) is 5.32 Å². The van der Waals surface area contributed by atoms with Crippen LogP contribution in [-0.4, -0.2) is 32.2 Å². The van der Waals surface area contributed by atoms with Gasteiger partial charge in [-0.15, -0.1) is 11.3 Å². The van der Waals surface area contributed by atoms with Crippen LogP contribution in [0.3, 0.4) is 0 Å². The highest BCUT2D eigenvalue weighted by Gasteiger charge is 2.21. The Morgan fingerprint density at radius 3 is 2.54 bits per heavy atom. The largest absolute Gasteiger partial charge is 0.491 e. The molecule has 0 spiro atoms. The molecule has 1 N–H and O–H groups in total. The van der Waals surface area contributed by atoms with Crippen molar-refractivity contribution in [3.05, 3.63) is 53.2 Å². The Balaban J connectivity index is 1.75. The third kappa shape index (κ3) is 4.40. The zero-order valence-corrected chi connectivity index (χ0v) is 16.1. The molecule has 3 rings (SSSR count). The molecule has 3 aromatic rings. The van der Waals surface area contributed by atoms with Gasteiger partial charge in [0.05, 0.1) is 13.7 Å². The highest BCUT2D eigenvalue weighted by Crippen LogP contribution is 2.39. The van der Waals surface area contributed by atoms with Crippen LogP contribution in [0.25, 0.3) is 10.1 Å². The van der Waals surface area contributed by atoms with Crippen molar-refractivity contribution in [2.45, 2.75) is 6.92 Å². The lowest BCUT2D eigenvalue weighted by atomic mass is 10.2. The minimum absolute atomic E-state index is 0.223. The number of methoxy groups -OCH3 is 1. The number of rotatable bonds is 7. The van der Waals surface area contributed by atoms with Crippen molar-refractivity contribution in [2.24, 2.45) is 0 Å². The quantitative estimate of drug-likeness (QED) is 0.597. The van der Waals surface area contributed by atoms with Gasteiger partial charge in [-0.1, -0.05) is 0 Å². The third-order valence-corrected chi connectivity index (χ3v) is 4.90. The number of hydrogen-bond acceptors (Lipinski definition) is 6. The summed E-state index contributed by atoms with van der Waals surface area (Å²) in [5, 5.41) is 3.44. The van der Waals surface area contributed by atoms with E-state index in [1.165, 1.54) is 42.7 Å². The summed E-state index contributed by atoms with van der Waals surface area (Å²) in [4.78, 5) is 24.5. The topological polar surface area (TPSA) is 73.9 Å². The van der Waals surface area contributed by atoms with Crippen molar-refractivity contribution in [3.8, 4) is 11.5 Å². The molecule has 0 saturated carbocycles. The van der Waals surface area contributed by atoms with E-state index < -0.39 is 5.97 Å². The fraction of sp³-hybridized carbons (Fsp3) is 0.200. The fourth-order valence-electron chi connectivity index (χ4n) is 2.54. The summed E-state index contributed by atoms with van der Waals surface area (Å²) in [6, 6.07) is 10.7. The maximum Gasteiger partial charge on any atom is 0.351 e. The van der Waals surface area contributed by atoms with Crippen LogP contribution >= 0.6 is 11.3 Å². The van der Waals surface area contributed by atoms with Gasteiger partial charge in [0.2, 0.25) is 0 Å². The van der Waals surface area contributed by atoms with E-state index in [4.69, 9.17) is 14.2 Å². The maximum atomic E-state index is 12.9. The van der Waals surface area contributed by atoms with Crippen LogP contribution in [0, 0.1) is 5.82 Å². The molecule has 0 saturated heterocycles. The molecule has 0 aliphatic heterocycles. The van der Waals surface area contributed by atoms with Gasteiger partial charge in [0.15, 0.2) is 17.2 Å². The predicted octanol–water partition coefficient (Wildman–Crippen LogP) is 4.24. The SMILES string of the molecule is CCOc1c(C(=O)OC)sc2ccc(NC(=O)COc3ccc(F)cc3)cc12. The van der Waals surface area contributed by atoms with Crippen LogP contribution in [0.5, 0.6) is 11.5 Å². The summed E-state index contributed by atoms with van der Waals surface area (Å²) < 4.78 is 29.5.